The Hall–Kier alpha value is -1.39. The molecular weight excluding hydrogens is 262 g/mol. The van der Waals surface area contributed by atoms with Gasteiger partial charge in [-0.3, -0.25) is 4.79 Å². The van der Waals surface area contributed by atoms with E-state index in [2.05, 4.69) is 17.1 Å². The summed E-state index contributed by atoms with van der Waals surface area (Å²) in [6, 6.07) is 9.59. The standard InChI is InChI=1S/C17H27N3O/c1-2-20-10-8-14(9-11-20)13-19-17(21)12-16(18)15-6-4-3-5-7-15/h3-7,14,16H,2,8-13,18H2,1H3,(H,19,21). The van der Waals surface area contributed by atoms with E-state index in [0.29, 0.717) is 12.3 Å². The Morgan fingerprint density at radius 3 is 2.62 bits per heavy atom. The smallest absolute Gasteiger partial charge is 0.221 e. The lowest BCUT2D eigenvalue weighted by Crippen LogP contribution is -2.39. The van der Waals surface area contributed by atoms with Crippen molar-refractivity contribution in [2.45, 2.75) is 32.2 Å². The molecule has 0 saturated carbocycles. The Morgan fingerprint density at radius 2 is 2.00 bits per heavy atom. The summed E-state index contributed by atoms with van der Waals surface area (Å²) >= 11 is 0. The lowest BCUT2D eigenvalue weighted by molar-refractivity contribution is -0.121. The first-order valence-corrected chi connectivity index (χ1v) is 7.98. The van der Waals surface area contributed by atoms with Crippen LogP contribution in [0.5, 0.6) is 0 Å². The van der Waals surface area contributed by atoms with Crippen LogP contribution in [0.3, 0.4) is 0 Å². The highest BCUT2D eigenvalue weighted by atomic mass is 16.1. The van der Waals surface area contributed by atoms with Crippen molar-refractivity contribution in [3.63, 3.8) is 0 Å². The van der Waals surface area contributed by atoms with Crippen LogP contribution in [0.2, 0.25) is 0 Å². The molecule has 1 fully saturated rings. The van der Waals surface area contributed by atoms with Gasteiger partial charge in [-0.1, -0.05) is 37.3 Å². The van der Waals surface area contributed by atoms with Crippen LogP contribution in [0, 0.1) is 5.92 Å². The maximum atomic E-state index is 12.0. The van der Waals surface area contributed by atoms with Gasteiger partial charge < -0.3 is 16.0 Å². The Labute approximate surface area is 127 Å². The highest BCUT2D eigenvalue weighted by Crippen LogP contribution is 2.16. The molecule has 1 aliphatic heterocycles. The topological polar surface area (TPSA) is 58.4 Å². The Balaban J connectivity index is 1.68. The zero-order valence-electron chi connectivity index (χ0n) is 12.9. The van der Waals surface area contributed by atoms with Crippen molar-refractivity contribution in [2.75, 3.05) is 26.2 Å². The first kappa shape index (κ1) is 16.0. The molecule has 1 aliphatic rings. The fourth-order valence-corrected chi connectivity index (χ4v) is 2.85. The van der Waals surface area contributed by atoms with E-state index in [1.165, 1.54) is 12.8 Å². The average Bonchev–Trinajstić information content (AvgIpc) is 2.54. The van der Waals surface area contributed by atoms with Gasteiger partial charge in [0.2, 0.25) is 5.91 Å². The summed E-state index contributed by atoms with van der Waals surface area (Å²) in [6.07, 6.45) is 2.72. The molecule has 4 heteroatoms. The molecule has 1 atom stereocenters. The molecule has 3 N–H and O–H groups in total. The number of piperidine rings is 1. The van der Waals surface area contributed by atoms with E-state index in [0.717, 1.165) is 31.7 Å². The fraction of sp³-hybridized carbons (Fsp3) is 0.588. The molecule has 1 aromatic carbocycles. The van der Waals surface area contributed by atoms with Crippen molar-refractivity contribution in [2.24, 2.45) is 11.7 Å². The lowest BCUT2D eigenvalue weighted by Gasteiger charge is -2.31. The number of nitrogens with two attached hydrogens (primary N) is 1. The summed E-state index contributed by atoms with van der Waals surface area (Å²) in [4.78, 5) is 14.5. The molecule has 0 aliphatic carbocycles. The molecule has 1 heterocycles. The van der Waals surface area contributed by atoms with E-state index >= 15 is 0 Å². The van der Waals surface area contributed by atoms with Crippen LogP contribution in [0.25, 0.3) is 0 Å². The predicted molar refractivity (Wildman–Crippen MR) is 85.8 cm³/mol. The number of hydrogen-bond acceptors (Lipinski definition) is 3. The molecule has 21 heavy (non-hydrogen) atoms. The molecule has 0 bridgehead atoms. The van der Waals surface area contributed by atoms with Crippen molar-refractivity contribution in [3.05, 3.63) is 35.9 Å². The molecule has 0 radical (unpaired) electrons. The maximum Gasteiger partial charge on any atom is 0.221 e. The second-order valence-electron chi connectivity index (χ2n) is 5.90. The summed E-state index contributed by atoms with van der Waals surface area (Å²) in [6.45, 7) is 6.43. The third-order valence-electron chi connectivity index (χ3n) is 4.38. The monoisotopic (exact) mass is 289 g/mol. The SMILES string of the molecule is CCN1CCC(CNC(=O)CC(N)c2ccccc2)CC1. The number of carbonyl (C=O) groups is 1. The molecule has 1 saturated heterocycles. The van der Waals surface area contributed by atoms with E-state index in [1.807, 2.05) is 30.3 Å². The van der Waals surface area contributed by atoms with Crippen molar-refractivity contribution in [1.29, 1.82) is 0 Å². The van der Waals surface area contributed by atoms with Crippen LogP contribution < -0.4 is 11.1 Å². The number of hydrogen-bond donors (Lipinski definition) is 2. The summed E-state index contributed by atoms with van der Waals surface area (Å²) in [7, 11) is 0. The third-order valence-corrected chi connectivity index (χ3v) is 4.38. The Morgan fingerprint density at radius 1 is 1.33 bits per heavy atom. The molecule has 1 unspecified atom stereocenters. The van der Waals surface area contributed by atoms with Crippen LogP contribution >= 0.6 is 0 Å². The Bertz CT molecular complexity index is 427. The minimum absolute atomic E-state index is 0.0595. The quantitative estimate of drug-likeness (QED) is 0.841. The molecule has 0 spiro atoms. The number of amides is 1. The molecule has 4 nitrogen and oxygen atoms in total. The number of benzene rings is 1. The summed E-state index contributed by atoms with van der Waals surface area (Å²) in [5.74, 6) is 0.675. The van der Waals surface area contributed by atoms with Gasteiger partial charge in [0.1, 0.15) is 0 Å². The molecule has 116 valence electrons. The van der Waals surface area contributed by atoms with Crippen molar-refractivity contribution >= 4 is 5.91 Å². The zero-order chi connectivity index (χ0) is 15.1. The van der Waals surface area contributed by atoms with Gasteiger partial charge in [-0.2, -0.15) is 0 Å². The molecular formula is C17H27N3O. The van der Waals surface area contributed by atoms with Gasteiger partial charge in [-0.15, -0.1) is 0 Å². The van der Waals surface area contributed by atoms with Gasteiger partial charge in [-0.25, -0.2) is 0 Å². The van der Waals surface area contributed by atoms with Crippen LogP contribution in [0.4, 0.5) is 0 Å². The van der Waals surface area contributed by atoms with Crippen molar-refractivity contribution in [3.8, 4) is 0 Å². The van der Waals surface area contributed by atoms with Gasteiger partial charge >= 0.3 is 0 Å². The first-order valence-electron chi connectivity index (χ1n) is 7.98. The number of rotatable bonds is 6. The molecule has 0 aromatic heterocycles. The fourth-order valence-electron chi connectivity index (χ4n) is 2.85. The summed E-state index contributed by atoms with van der Waals surface area (Å²) in [5.41, 5.74) is 7.09. The largest absolute Gasteiger partial charge is 0.356 e. The van der Waals surface area contributed by atoms with Gasteiger partial charge in [0.15, 0.2) is 0 Å². The minimum Gasteiger partial charge on any atom is -0.356 e. The van der Waals surface area contributed by atoms with Gasteiger partial charge in [0, 0.05) is 19.0 Å². The number of carbonyl (C=O) groups excluding carboxylic acids is 1. The van der Waals surface area contributed by atoms with E-state index in [4.69, 9.17) is 5.73 Å². The number of nitrogens with one attached hydrogen (secondary N) is 1. The van der Waals surface area contributed by atoms with Gasteiger partial charge in [0.25, 0.3) is 0 Å². The van der Waals surface area contributed by atoms with E-state index in [-0.39, 0.29) is 11.9 Å². The normalized spacial score (nSPS) is 18.4. The van der Waals surface area contributed by atoms with Gasteiger partial charge in [0.05, 0.1) is 0 Å². The van der Waals surface area contributed by atoms with E-state index in [1.54, 1.807) is 0 Å². The van der Waals surface area contributed by atoms with Crippen LogP contribution in [-0.4, -0.2) is 37.0 Å². The second kappa shape index (κ2) is 8.15. The van der Waals surface area contributed by atoms with Crippen LogP contribution in [0.15, 0.2) is 30.3 Å². The van der Waals surface area contributed by atoms with Crippen LogP contribution in [-0.2, 0) is 4.79 Å². The molecule has 1 aromatic rings. The maximum absolute atomic E-state index is 12.0. The highest BCUT2D eigenvalue weighted by Gasteiger charge is 2.19. The number of likely N-dealkylation sites (tertiary alicyclic amines) is 1. The average molecular weight is 289 g/mol. The molecule has 2 rings (SSSR count). The highest BCUT2D eigenvalue weighted by molar-refractivity contribution is 5.76. The van der Waals surface area contributed by atoms with E-state index < -0.39 is 0 Å². The third kappa shape index (κ3) is 5.14. The summed E-state index contributed by atoms with van der Waals surface area (Å²) in [5, 5.41) is 3.05. The zero-order valence-corrected chi connectivity index (χ0v) is 12.9. The molecule has 1 amide bonds. The van der Waals surface area contributed by atoms with Crippen molar-refractivity contribution < 1.29 is 4.79 Å². The first-order chi connectivity index (χ1) is 10.2. The second-order valence-corrected chi connectivity index (χ2v) is 5.90. The number of nitrogens with zero attached hydrogens (tertiary/aromatic N) is 1. The minimum atomic E-state index is -0.215. The van der Waals surface area contributed by atoms with E-state index in [9.17, 15) is 4.79 Å². The Kier molecular flexibility index (Phi) is 6.21. The summed E-state index contributed by atoms with van der Waals surface area (Å²) < 4.78 is 0. The lowest BCUT2D eigenvalue weighted by atomic mass is 9.96. The van der Waals surface area contributed by atoms with Gasteiger partial charge in [-0.05, 0) is 44.0 Å². The van der Waals surface area contributed by atoms with Crippen LogP contribution in [0.1, 0.15) is 37.8 Å². The van der Waals surface area contributed by atoms with Crippen molar-refractivity contribution in [1.82, 2.24) is 10.2 Å². The predicted octanol–water partition coefficient (Wildman–Crippen LogP) is 1.92.